The Bertz CT molecular complexity index is 2480. The van der Waals surface area contributed by atoms with Crippen LogP contribution in [0.4, 0.5) is 0 Å². The molecular formula is C43H31N3. The molecule has 0 bridgehead atoms. The van der Waals surface area contributed by atoms with Crippen LogP contribution < -0.4 is 0 Å². The van der Waals surface area contributed by atoms with Gasteiger partial charge in [-0.25, -0.2) is 9.97 Å². The van der Waals surface area contributed by atoms with E-state index in [-0.39, 0.29) is 0 Å². The summed E-state index contributed by atoms with van der Waals surface area (Å²) in [6.07, 6.45) is 7.44. The van der Waals surface area contributed by atoms with Gasteiger partial charge in [0.25, 0.3) is 0 Å². The van der Waals surface area contributed by atoms with Crippen molar-refractivity contribution in [2.75, 3.05) is 0 Å². The molecule has 7 aromatic carbocycles. The van der Waals surface area contributed by atoms with Crippen molar-refractivity contribution < 1.29 is 0 Å². The number of pyridine rings is 1. The molecule has 0 aliphatic heterocycles. The van der Waals surface area contributed by atoms with Crippen molar-refractivity contribution in [1.82, 2.24) is 15.0 Å². The Morgan fingerprint density at radius 1 is 0.391 bits per heavy atom. The fourth-order valence-corrected chi connectivity index (χ4v) is 6.84. The lowest BCUT2D eigenvalue weighted by Crippen LogP contribution is -1.94. The van der Waals surface area contributed by atoms with Crippen LogP contribution in [0.3, 0.4) is 0 Å². The van der Waals surface area contributed by atoms with Crippen LogP contribution in [0.2, 0.25) is 0 Å². The number of aromatic nitrogens is 3. The third-order valence-corrected chi connectivity index (χ3v) is 8.82. The molecule has 0 atom stereocenters. The number of hydrogen-bond donors (Lipinski definition) is 0. The summed E-state index contributed by atoms with van der Waals surface area (Å²) < 4.78 is 0. The van der Waals surface area contributed by atoms with Gasteiger partial charge in [0.1, 0.15) is 0 Å². The predicted molar refractivity (Wildman–Crippen MR) is 195 cm³/mol. The van der Waals surface area contributed by atoms with Crippen LogP contribution in [-0.4, -0.2) is 15.0 Å². The Morgan fingerprint density at radius 3 is 1.61 bits per heavy atom. The number of fused-ring (bicyclic) bond motifs is 6. The molecule has 3 heteroatoms. The van der Waals surface area contributed by atoms with Gasteiger partial charge in [-0.15, -0.1) is 0 Å². The smallest absolute Gasteiger partial charge is 0.159 e. The van der Waals surface area contributed by atoms with Crippen molar-refractivity contribution in [1.29, 1.82) is 0 Å². The van der Waals surface area contributed by atoms with E-state index in [2.05, 4.69) is 120 Å². The standard InChI is InChI=1S/C41H25N3.C2H6/c1-2-9-28-23-38-29(22-27(28)8-1)16-17-32-31(38)14-7-15-33(32)40-36-12-5-3-10-34(36)39(35-11-4-6-13-37(35)40)30-24-43-41(44-25-30)26-18-20-42-21-19-26;1-2/h1-25H;1-2H3. The highest BCUT2D eigenvalue weighted by molar-refractivity contribution is 6.25. The van der Waals surface area contributed by atoms with E-state index in [1.165, 1.54) is 65.0 Å². The molecule has 3 nitrogen and oxygen atoms in total. The van der Waals surface area contributed by atoms with E-state index in [9.17, 15) is 0 Å². The lowest BCUT2D eigenvalue weighted by Gasteiger charge is -2.19. The molecule has 0 amide bonds. The summed E-state index contributed by atoms with van der Waals surface area (Å²) >= 11 is 0. The molecule has 0 radical (unpaired) electrons. The van der Waals surface area contributed by atoms with Gasteiger partial charge in [0.15, 0.2) is 5.82 Å². The summed E-state index contributed by atoms with van der Waals surface area (Å²) in [5.41, 5.74) is 5.59. The van der Waals surface area contributed by atoms with Crippen LogP contribution in [0.1, 0.15) is 13.8 Å². The third kappa shape index (κ3) is 4.48. The normalized spacial score (nSPS) is 11.3. The molecule has 0 fully saturated rings. The Morgan fingerprint density at radius 2 is 0.957 bits per heavy atom. The van der Waals surface area contributed by atoms with Crippen LogP contribution >= 0.6 is 0 Å². The van der Waals surface area contributed by atoms with E-state index in [1.54, 1.807) is 12.4 Å². The maximum Gasteiger partial charge on any atom is 0.159 e. The first kappa shape index (κ1) is 27.6. The number of nitrogens with zero attached hydrogens (tertiary/aromatic N) is 3. The van der Waals surface area contributed by atoms with E-state index in [0.29, 0.717) is 5.82 Å². The predicted octanol–water partition coefficient (Wildman–Crippen LogP) is 11.7. The largest absolute Gasteiger partial charge is 0.265 e. The van der Waals surface area contributed by atoms with E-state index >= 15 is 0 Å². The van der Waals surface area contributed by atoms with Gasteiger partial charge < -0.3 is 0 Å². The lowest BCUT2D eigenvalue weighted by atomic mass is 9.84. The van der Waals surface area contributed by atoms with Gasteiger partial charge in [-0.2, -0.15) is 0 Å². The minimum absolute atomic E-state index is 0.692. The van der Waals surface area contributed by atoms with E-state index in [4.69, 9.17) is 9.97 Å². The minimum atomic E-state index is 0.692. The van der Waals surface area contributed by atoms with Gasteiger partial charge in [0.2, 0.25) is 0 Å². The van der Waals surface area contributed by atoms with Gasteiger partial charge in [-0.05, 0) is 89.3 Å². The summed E-state index contributed by atoms with van der Waals surface area (Å²) in [5, 5.41) is 12.4. The van der Waals surface area contributed by atoms with Crippen LogP contribution in [0.15, 0.2) is 152 Å². The van der Waals surface area contributed by atoms with Gasteiger partial charge in [-0.3, -0.25) is 4.98 Å². The third-order valence-electron chi connectivity index (χ3n) is 8.82. The molecule has 0 unspecified atom stereocenters. The Hall–Kier alpha value is -5.93. The van der Waals surface area contributed by atoms with Crippen molar-refractivity contribution in [3.05, 3.63) is 152 Å². The highest BCUT2D eigenvalue weighted by Crippen LogP contribution is 2.45. The summed E-state index contributed by atoms with van der Waals surface area (Å²) in [6.45, 7) is 4.00. The van der Waals surface area contributed by atoms with E-state index in [0.717, 1.165) is 16.7 Å². The van der Waals surface area contributed by atoms with E-state index < -0.39 is 0 Å². The first-order valence-electron chi connectivity index (χ1n) is 15.8. The van der Waals surface area contributed by atoms with Crippen molar-refractivity contribution >= 4 is 53.9 Å². The number of benzene rings is 7. The molecule has 0 saturated carbocycles. The summed E-state index contributed by atoms with van der Waals surface area (Å²) in [6, 6.07) is 45.9. The molecule has 9 rings (SSSR count). The Balaban J connectivity index is 0.00000153. The average molecular weight is 590 g/mol. The van der Waals surface area contributed by atoms with E-state index in [1.807, 2.05) is 38.4 Å². The van der Waals surface area contributed by atoms with Crippen LogP contribution in [0.25, 0.3) is 87.5 Å². The van der Waals surface area contributed by atoms with Crippen molar-refractivity contribution in [2.24, 2.45) is 0 Å². The maximum atomic E-state index is 4.77. The average Bonchev–Trinajstić information content (AvgIpc) is 3.14. The second kappa shape index (κ2) is 11.5. The van der Waals surface area contributed by atoms with Crippen molar-refractivity contribution in [2.45, 2.75) is 13.8 Å². The summed E-state index contributed by atoms with van der Waals surface area (Å²) in [5.74, 6) is 0.692. The monoisotopic (exact) mass is 589 g/mol. The Kier molecular flexibility index (Phi) is 6.92. The van der Waals surface area contributed by atoms with Gasteiger partial charge >= 0.3 is 0 Å². The first-order chi connectivity index (χ1) is 22.8. The fourth-order valence-electron chi connectivity index (χ4n) is 6.84. The molecule has 0 saturated heterocycles. The van der Waals surface area contributed by atoms with Gasteiger partial charge in [-0.1, -0.05) is 117 Å². The molecule has 0 aliphatic rings. The zero-order chi connectivity index (χ0) is 31.0. The maximum absolute atomic E-state index is 4.77. The van der Waals surface area contributed by atoms with Crippen LogP contribution in [0, 0.1) is 0 Å². The Labute approximate surface area is 267 Å². The molecule has 9 aromatic rings. The molecule has 218 valence electrons. The van der Waals surface area contributed by atoms with Crippen LogP contribution in [0.5, 0.6) is 0 Å². The fraction of sp³-hybridized carbons (Fsp3) is 0.0465. The zero-order valence-electron chi connectivity index (χ0n) is 25.8. The molecule has 2 aromatic heterocycles. The first-order valence-corrected chi connectivity index (χ1v) is 15.8. The molecule has 2 heterocycles. The zero-order valence-corrected chi connectivity index (χ0v) is 25.8. The van der Waals surface area contributed by atoms with Crippen molar-refractivity contribution in [3.8, 4) is 33.6 Å². The molecular weight excluding hydrogens is 558 g/mol. The lowest BCUT2D eigenvalue weighted by molar-refractivity contribution is 1.17. The quantitative estimate of drug-likeness (QED) is 0.152. The minimum Gasteiger partial charge on any atom is -0.265 e. The second-order valence-electron chi connectivity index (χ2n) is 11.3. The molecule has 46 heavy (non-hydrogen) atoms. The summed E-state index contributed by atoms with van der Waals surface area (Å²) in [4.78, 5) is 13.7. The summed E-state index contributed by atoms with van der Waals surface area (Å²) in [7, 11) is 0. The van der Waals surface area contributed by atoms with Crippen LogP contribution in [-0.2, 0) is 0 Å². The SMILES string of the molecule is CC.c1ccc2cc3c(ccc4c(-c5c6ccccc6c(-c6cnc(-c7ccncc7)nc6)c6ccccc56)cccc43)cc2c1. The topological polar surface area (TPSA) is 38.7 Å². The van der Waals surface area contributed by atoms with Crippen molar-refractivity contribution in [3.63, 3.8) is 0 Å². The number of hydrogen-bond acceptors (Lipinski definition) is 3. The molecule has 0 aliphatic carbocycles. The van der Waals surface area contributed by atoms with Gasteiger partial charge in [0, 0.05) is 41.5 Å². The second-order valence-corrected chi connectivity index (χ2v) is 11.3. The molecule has 0 spiro atoms. The number of rotatable bonds is 3. The highest BCUT2D eigenvalue weighted by atomic mass is 14.9. The highest BCUT2D eigenvalue weighted by Gasteiger charge is 2.19. The van der Waals surface area contributed by atoms with Gasteiger partial charge in [0.05, 0.1) is 0 Å². The molecule has 0 N–H and O–H groups in total.